The van der Waals surface area contributed by atoms with Crippen LogP contribution in [0.25, 0.3) is 0 Å². The van der Waals surface area contributed by atoms with Crippen molar-refractivity contribution in [2.24, 2.45) is 11.8 Å². The zero-order chi connectivity index (χ0) is 15.5. The van der Waals surface area contributed by atoms with Crippen LogP contribution < -0.4 is 0 Å². The van der Waals surface area contributed by atoms with Crippen molar-refractivity contribution in [3.8, 4) is 0 Å². The van der Waals surface area contributed by atoms with E-state index < -0.39 is 18.5 Å². The van der Waals surface area contributed by atoms with Gasteiger partial charge in [-0.25, -0.2) is 0 Å². The highest BCUT2D eigenvalue weighted by Gasteiger charge is 2.47. The fourth-order valence-corrected chi connectivity index (χ4v) is 3.64. The molecule has 0 aromatic heterocycles. The number of aliphatic hydroxyl groups is 3. The number of ether oxygens (including phenoxy) is 1. The highest BCUT2D eigenvalue weighted by atomic mass is 16.6. The molecule has 120 valence electrons. The first-order chi connectivity index (χ1) is 10.6. The standard InChI is InChI=1S/C18H24O4/c19-13(7-6-12-4-2-1-3-5-12)8-9-14-15-10-18(21)22-17(15)11-16(14)20/h1-5,8-9,13-21H,6-7,10-11H2/t13-,14+,15+,16+,17-,18?/m0/s1. The van der Waals surface area contributed by atoms with Crippen molar-refractivity contribution in [3.05, 3.63) is 48.0 Å². The minimum Gasteiger partial charge on any atom is -0.392 e. The second-order valence-corrected chi connectivity index (χ2v) is 6.39. The molecule has 0 amide bonds. The Hall–Kier alpha value is -1.20. The molecule has 4 nitrogen and oxygen atoms in total. The van der Waals surface area contributed by atoms with Crippen molar-refractivity contribution in [1.29, 1.82) is 0 Å². The molecule has 0 radical (unpaired) electrons. The van der Waals surface area contributed by atoms with Gasteiger partial charge in [0, 0.05) is 18.8 Å². The summed E-state index contributed by atoms with van der Waals surface area (Å²) < 4.78 is 5.40. The minimum absolute atomic E-state index is 0.0338. The molecule has 0 spiro atoms. The van der Waals surface area contributed by atoms with Crippen LogP contribution in [0.2, 0.25) is 0 Å². The summed E-state index contributed by atoms with van der Waals surface area (Å²) in [5.41, 5.74) is 1.21. The summed E-state index contributed by atoms with van der Waals surface area (Å²) in [5, 5.41) is 29.8. The average molecular weight is 304 g/mol. The second kappa shape index (κ2) is 6.92. The first kappa shape index (κ1) is 15.7. The molecular weight excluding hydrogens is 280 g/mol. The van der Waals surface area contributed by atoms with Gasteiger partial charge in [-0.05, 0) is 24.3 Å². The third kappa shape index (κ3) is 3.58. The highest BCUT2D eigenvalue weighted by molar-refractivity contribution is 5.15. The van der Waals surface area contributed by atoms with E-state index in [0.29, 0.717) is 19.3 Å². The summed E-state index contributed by atoms with van der Waals surface area (Å²) in [4.78, 5) is 0. The lowest BCUT2D eigenvalue weighted by Gasteiger charge is -2.16. The van der Waals surface area contributed by atoms with Gasteiger partial charge in [0.05, 0.1) is 18.3 Å². The van der Waals surface area contributed by atoms with Gasteiger partial charge in [-0.3, -0.25) is 0 Å². The third-order valence-corrected chi connectivity index (χ3v) is 4.82. The fourth-order valence-electron chi connectivity index (χ4n) is 3.64. The Morgan fingerprint density at radius 2 is 1.95 bits per heavy atom. The second-order valence-electron chi connectivity index (χ2n) is 6.39. The topological polar surface area (TPSA) is 69.9 Å². The highest BCUT2D eigenvalue weighted by Crippen LogP contribution is 2.43. The number of benzene rings is 1. The number of hydrogen-bond donors (Lipinski definition) is 3. The fraction of sp³-hybridized carbons (Fsp3) is 0.556. The molecule has 1 aliphatic carbocycles. The van der Waals surface area contributed by atoms with E-state index in [9.17, 15) is 15.3 Å². The van der Waals surface area contributed by atoms with Crippen molar-refractivity contribution in [1.82, 2.24) is 0 Å². The van der Waals surface area contributed by atoms with Gasteiger partial charge in [-0.2, -0.15) is 0 Å². The summed E-state index contributed by atoms with van der Waals surface area (Å²) in [5.74, 6) is 0.121. The molecule has 1 aromatic carbocycles. The van der Waals surface area contributed by atoms with Gasteiger partial charge < -0.3 is 20.1 Å². The van der Waals surface area contributed by atoms with Crippen LogP contribution in [0.4, 0.5) is 0 Å². The van der Waals surface area contributed by atoms with Crippen LogP contribution in [0.1, 0.15) is 24.8 Å². The first-order valence-corrected chi connectivity index (χ1v) is 8.05. The molecule has 1 saturated carbocycles. The molecule has 1 unspecified atom stereocenters. The van der Waals surface area contributed by atoms with Crippen molar-refractivity contribution in [2.45, 2.75) is 50.3 Å². The van der Waals surface area contributed by atoms with Gasteiger partial charge in [-0.15, -0.1) is 0 Å². The Balaban J connectivity index is 1.52. The molecule has 1 saturated heterocycles. The van der Waals surface area contributed by atoms with Gasteiger partial charge >= 0.3 is 0 Å². The largest absolute Gasteiger partial charge is 0.392 e. The van der Waals surface area contributed by atoms with Crippen LogP contribution in [0.3, 0.4) is 0 Å². The monoisotopic (exact) mass is 304 g/mol. The number of fused-ring (bicyclic) bond motifs is 1. The lowest BCUT2D eigenvalue weighted by molar-refractivity contribution is -0.0949. The van der Waals surface area contributed by atoms with Crippen LogP contribution in [-0.4, -0.2) is 39.9 Å². The maximum atomic E-state index is 10.1. The molecular formula is C18H24O4. The van der Waals surface area contributed by atoms with Crippen molar-refractivity contribution < 1.29 is 20.1 Å². The number of rotatable bonds is 5. The smallest absolute Gasteiger partial charge is 0.155 e. The van der Waals surface area contributed by atoms with Crippen LogP contribution in [0.15, 0.2) is 42.5 Å². The molecule has 6 atom stereocenters. The van der Waals surface area contributed by atoms with Crippen LogP contribution in [-0.2, 0) is 11.2 Å². The van der Waals surface area contributed by atoms with Gasteiger partial charge in [0.15, 0.2) is 6.29 Å². The third-order valence-electron chi connectivity index (χ3n) is 4.82. The van der Waals surface area contributed by atoms with Gasteiger partial charge in [0.2, 0.25) is 0 Å². The van der Waals surface area contributed by atoms with Crippen LogP contribution in [0.5, 0.6) is 0 Å². The van der Waals surface area contributed by atoms with Gasteiger partial charge in [0.25, 0.3) is 0 Å². The molecule has 1 heterocycles. The average Bonchev–Trinajstić information content (AvgIpc) is 2.99. The Bertz CT molecular complexity index is 501. The van der Waals surface area contributed by atoms with E-state index in [-0.39, 0.29) is 17.9 Å². The Morgan fingerprint density at radius 3 is 2.73 bits per heavy atom. The van der Waals surface area contributed by atoms with Gasteiger partial charge in [0.1, 0.15) is 0 Å². The summed E-state index contributed by atoms with van der Waals surface area (Å²) in [6, 6.07) is 10.1. The zero-order valence-electron chi connectivity index (χ0n) is 12.6. The van der Waals surface area contributed by atoms with Crippen molar-refractivity contribution in [3.63, 3.8) is 0 Å². The maximum Gasteiger partial charge on any atom is 0.155 e. The first-order valence-electron chi connectivity index (χ1n) is 8.05. The molecule has 22 heavy (non-hydrogen) atoms. The zero-order valence-corrected chi connectivity index (χ0v) is 12.6. The predicted molar refractivity (Wildman–Crippen MR) is 83.0 cm³/mol. The quantitative estimate of drug-likeness (QED) is 0.723. The number of hydrogen-bond acceptors (Lipinski definition) is 4. The molecule has 2 fully saturated rings. The summed E-state index contributed by atoms with van der Waals surface area (Å²) in [6.45, 7) is 0. The molecule has 2 aliphatic rings. The summed E-state index contributed by atoms with van der Waals surface area (Å²) >= 11 is 0. The lowest BCUT2D eigenvalue weighted by atomic mass is 9.91. The number of aryl methyl sites for hydroxylation is 1. The Morgan fingerprint density at radius 1 is 1.18 bits per heavy atom. The van der Waals surface area contributed by atoms with E-state index in [4.69, 9.17) is 4.74 Å². The predicted octanol–water partition coefficient (Wildman–Crippen LogP) is 1.64. The van der Waals surface area contributed by atoms with E-state index in [2.05, 4.69) is 12.1 Å². The van der Waals surface area contributed by atoms with Crippen molar-refractivity contribution in [2.75, 3.05) is 0 Å². The van der Waals surface area contributed by atoms with Crippen molar-refractivity contribution >= 4 is 0 Å². The SMILES string of the molecule is OC1C[C@@H]2[C@@H](C=C[C@@H](O)CCc3ccccc3)[C@H](O)C[C@@H]2O1. The lowest BCUT2D eigenvalue weighted by Crippen LogP contribution is -2.19. The van der Waals surface area contributed by atoms with E-state index in [1.54, 1.807) is 6.08 Å². The maximum absolute atomic E-state index is 10.1. The van der Waals surface area contributed by atoms with Crippen LogP contribution >= 0.6 is 0 Å². The normalized spacial score (nSPS) is 35.9. The Kier molecular flexibility index (Phi) is 4.93. The molecule has 4 heteroatoms. The Labute approximate surface area is 131 Å². The summed E-state index contributed by atoms with van der Waals surface area (Å²) in [6.07, 6.45) is 4.59. The molecule has 1 aromatic rings. The van der Waals surface area contributed by atoms with Gasteiger partial charge in [-0.1, -0.05) is 42.5 Å². The molecule has 1 aliphatic heterocycles. The minimum atomic E-state index is -0.707. The number of aliphatic hydroxyl groups excluding tert-OH is 3. The van der Waals surface area contributed by atoms with Crippen LogP contribution in [0, 0.1) is 11.8 Å². The van der Waals surface area contributed by atoms with E-state index >= 15 is 0 Å². The van der Waals surface area contributed by atoms with E-state index in [0.717, 1.165) is 6.42 Å². The van der Waals surface area contributed by atoms with E-state index in [1.165, 1.54) is 5.56 Å². The molecule has 0 bridgehead atoms. The van der Waals surface area contributed by atoms with E-state index in [1.807, 2.05) is 24.3 Å². The molecule has 3 rings (SSSR count). The molecule has 3 N–H and O–H groups in total. The summed E-state index contributed by atoms with van der Waals surface area (Å²) in [7, 11) is 0.